The molecule has 0 spiro atoms. The number of rotatable bonds is 2. The second-order valence-corrected chi connectivity index (χ2v) is 3.00. The summed E-state index contributed by atoms with van der Waals surface area (Å²) < 4.78 is 0. The topological polar surface area (TPSA) is 41.6 Å². The van der Waals surface area contributed by atoms with E-state index in [4.69, 9.17) is 17.3 Å². The van der Waals surface area contributed by atoms with Crippen molar-refractivity contribution in [3.05, 3.63) is 12.7 Å². The van der Waals surface area contributed by atoms with Gasteiger partial charge >= 0.3 is 0 Å². The molecule has 1 rings (SSSR count). The summed E-state index contributed by atoms with van der Waals surface area (Å²) in [5.41, 5.74) is 6.37. The fourth-order valence-electron chi connectivity index (χ4n) is 0.983. The van der Waals surface area contributed by atoms with Crippen molar-refractivity contribution >= 4 is 17.3 Å². The van der Waals surface area contributed by atoms with Gasteiger partial charge in [0.15, 0.2) is 0 Å². The minimum Gasteiger partial charge on any atom is -0.320 e. The summed E-state index contributed by atoms with van der Waals surface area (Å²) in [4.78, 5) is 0. The third-order valence-corrected chi connectivity index (χ3v) is 2.16. The van der Waals surface area contributed by atoms with Gasteiger partial charge in [-0.15, -0.1) is 6.58 Å². The lowest BCUT2D eigenvalue weighted by Crippen LogP contribution is -2.38. The van der Waals surface area contributed by atoms with Crippen molar-refractivity contribution in [2.24, 2.45) is 10.8 Å². The van der Waals surface area contributed by atoms with Gasteiger partial charge in [-0.05, 0) is 6.92 Å². The Bertz CT molecular complexity index is 190. The average Bonchev–Trinajstić information content (AvgIpc) is 2.19. The Balaban J connectivity index is 2.64. The van der Waals surface area contributed by atoms with Crippen LogP contribution < -0.4 is 5.73 Å². The van der Waals surface area contributed by atoms with Crippen LogP contribution >= 0.6 is 11.6 Å². The molecule has 0 aliphatic carbocycles. The lowest BCUT2D eigenvalue weighted by atomic mass is 10.2. The van der Waals surface area contributed by atoms with Crippen molar-refractivity contribution < 1.29 is 0 Å². The van der Waals surface area contributed by atoms with Crippen LogP contribution in [0.5, 0.6) is 0 Å². The molecule has 2 unspecified atom stereocenters. The highest BCUT2D eigenvalue weighted by Crippen LogP contribution is 2.17. The molecule has 0 aromatic carbocycles. The Kier molecular flexibility index (Phi) is 2.52. The van der Waals surface area contributed by atoms with E-state index < -0.39 is 0 Å². The van der Waals surface area contributed by atoms with Crippen LogP contribution in [0.3, 0.4) is 0 Å². The molecule has 3 nitrogen and oxygen atoms in total. The van der Waals surface area contributed by atoms with E-state index in [9.17, 15) is 0 Å². The first-order chi connectivity index (χ1) is 5.16. The van der Waals surface area contributed by atoms with Crippen LogP contribution in [0.2, 0.25) is 0 Å². The summed E-state index contributed by atoms with van der Waals surface area (Å²) in [7, 11) is 0. The zero-order valence-corrected chi connectivity index (χ0v) is 7.25. The van der Waals surface area contributed by atoms with Gasteiger partial charge in [-0.25, -0.2) is 0 Å². The second-order valence-electron chi connectivity index (χ2n) is 2.55. The highest BCUT2D eigenvalue weighted by molar-refractivity contribution is 6.23. The first kappa shape index (κ1) is 8.56. The summed E-state index contributed by atoms with van der Waals surface area (Å²) in [5, 5.41) is 5.89. The van der Waals surface area contributed by atoms with Gasteiger partial charge in [0.2, 0.25) is 0 Å². The van der Waals surface area contributed by atoms with Gasteiger partial charge in [0.25, 0.3) is 0 Å². The maximum absolute atomic E-state index is 5.94. The lowest BCUT2D eigenvalue weighted by Gasteiger charge is -2.18. The van der Waals surface area contributed by atoms with Crippen molar-refractivity contribution in [3.8, 4) is 0 Å². The molecular weight excluding hydrogens is 162 g/mol. The number of nitrogens with two attached hydrogens (primary N) is 1. The van der Waals surface area contributed by atoms with E-state index in [1.807, 2.05) is 6.92 Å². The molecule has 1 aliphatic heterocycles. The second kappa shape index (κ2) is 3.24. The van der Waals surface area contributed by atoms with E-state index in [0.717, 1.165) is 5.71 Å². The van der Waals surface area contributed by atoms with E-state index in [1.165, 1.54) is 0 Å². The Hall–Kier alpha value is -0.540. The predicted molar refractivity (Wildman–Crippen MR) is 47.6 cm³/mol. The predicted octanol–water partition coefficient (Wildman–Crippen LogP) is 0.756. The Morgan fingerprint density at radius 1 is 1.91 bits per heavy atom. The molecule has 2 N–H and O–H groups in total. The van der Waals surface area contributed by atoms with E-state index in [0.29, 0.717) is 6.54 Å². The van der Waals surface area contributed by atoms with Crippen LogP contribution in [0.4, 0.5) is 0 Å². The number of alkyl halides is 1. The molecule has 0 saturated carbocycles. The van der Waals surface area contributed by atoms with Crippen LogP contribution in [0.25, 0.3) is 0 Å². The molecule has 1 heterocycles. The smallest absolute Gasteiger partial charge is 0.141 e. The Morgan fingerprint density at radius 2 is 2.55 bits per heavy atom. The van der Waals surface area contributed by atoms with Crippen molar-refractivity contribution in [2.75, 3.05) is 6.54 Å². The fourth-order valence-corrected chi connectivity index (χ4v) is 1.29. The maximum atomic E-state index is 5.94. The molecule has 4 heteroatoms. The molecule has 0 aromatic rings. The van der Waals surface area contributed by atoms with Crippen molar-refractivity contribution in [1.82, 2.24) is 5.01 Å². The highest BCUT2D eigenvalue weighted by Gasteiger charge is 2.29. The van der Waals surface area contributed by atoms with Gasteiger partial charge in [0.1, 0.15) is 5.50 Å². The lowest BCUT2D eigenvalue weighted by molar-refractivity contribution is 0.312. The SMILES string of the molecule is C=CCN1N=C(C)C(N)C1Cl. The van der Waals surface area contributed by atoms with Crippen LogP contribution in [0, 0.1) is 0 Å². The molecule has 0 saturated heterocycles. The molecule has 1 aliphatic rings. The molecule has 0 radical (unpaired) electrons. The van der Waals surface area contributed by atoms with Crippen molar-refractivity contribution in [1.29, 1.82) is 0 Å². The summed E-state index contributed by atoms with van der Waals surface area (Å²) in [6.07, 6.45) is 1.75. The molecule has 0 aromatic heterocycles. The third-order valence-electron chi connectivity index (χ3n) is 1.67. The summed E-state index contributed by atoms with van der Waals surface area (Å²) in [6.45, 7) is 6.13. The number of nitrogens with zero attached hydrogens (tertiary/aromatic N) is 2. The van der Waals surface area contributed by atoms with Gasteiger partial charge in [0, 0.05) is 0 Å². The van der Waals surface area contributed by atoms with Crippen molar-refractivity contribution in [3.63, 3.8) is 0 Å². The summed E-state index contributed by atoms with van der Waals surface area (Å²) >= 11 is 5.94. The summed E-state index contributed by atoms with van der Waals surface area (Å²) in [5.74, 6) is 0. The highest BCUT2D eigenvalue weighted by atomic mass is 35.5. The normalized spacial score (nSPS) is 30.5. The molecular formula is C7H12ClN3. The average molecular weight is 174 g/mol. The molecule has 2 atom stereocenters. The Labute approximate surface area is 71.5 Å². The molecule has 0 bridgehead atoms. The third kappa shape index (κ3) is 1.54. The molecule has 11 heavy (non-hydrogen) atoms. The van der Waals surface area contributed by atoms with Crippen LogP contribution in [-0.2, 0) is 0 Å². The van der Waals surface area contributed by atoms with E-state index >= 15 is 0 Å². The standard InChI is InChI=1S/C7H12ClN3/c1-3-4-11-7(8)6(9)5(2)10-11/h3,6-7H,1,4,9H2,2H3. The van der Waals surface area contributed by atoms with E-state index in [-0.39, 0.29) is 11.5 Å². The van der Waals surface area contributed by atoms with Crippen LogP contribution in [0.15, 0.2) is 17.8 Å². The number of hydrogen-bond donors (Lipinski definition) is 1. The number of hydrazone groups is 1. The summed E-state index contributed by atoms with van der Waals surface area (Å²) in [6, 6.07) is -0.142. The first-order valence-corrected chi connectivity index (χ1v) is 3.92. The van der Waals surface area contributed by atoms with Gasteiger partial charge in [-0.3, -0.25) is 5.01 Å². The minimum atomic E-state index is -0.215. The molecule has 0 fully saturated rings. The quantitative estimate of drug-likeness (QED) is 0.381. The maximum Gasteiger partial charge on any atom is 0.141 e. The monoisotopic (exact) mass is 173 g/mol. The van der Waals surface area contributed by atoms with Crippen molar-refractivity contribution in [2.45, 2.75) is 18.5 Å². The fraction of sp³-hybridized carbons (Fsp3) is 0.571. The molecule has 62 valence electrons. The van der Waals surface area contributed by atoms with Gasteiger partial charge in [0.05, 0.1) is 18.3 Å². The van der Waals surface area contributed by atoms with Crippen LogP contribution in [0.1, 0.15) is 6.92 Å². The number of halogens is 1. The first-order valence-electron chi connectivity index (χ1n) is 3.49. The van der Waals surface area contributed by atoms with E-state index in [1.54, 1.807) is 11.1 Å². The number of hydrogen-bond acceptors (Lipinski definition) is 3. The van der Waals surface area contributed by atoms with Gasteiger partial charge < -0.3 is 5.73 Å². The van der Waals surface area contributed by atoms with Gasteiger partial charge in [-0.1, -0.05) is 17.7 Å². The van der Waals surface area contributed by atoms with Crippen LogP contribution in [-0.4, -0.2) is 28.8 Å². The zero-order valence-electron chi connectivity index (χ0n) is 6.50. The largest absolute Gasteiger partial charge is 0.320 e. The molecule has 0 amide bonds. The van der Waals surface area contributed by atoms with E-state index in [2.05, 4.69) is 11.7 Å². The minimum absolute atomic E-state index is 0.142. The zero-order chi connectivity index (χ0) is 8.43. The van der Waals surface area contributed by atoms with Gasteiger partial charge in [-0.2, -0.15) is 5.10 Å². The Morgan fingerprint density at radius 3 is 2.91 bits per heavy atom.